The molecule has 0 saturated carbocycles. The summed E-state index contributed by atoms with van der Waals surface area (Å²) in [7, 11) is 0. The Morgan fingerprint density at radius 3 is 2.60 bits per heavy atom. The number of hydrazone groups is 1. The zero-order valence-corrected chi connectivity index (χ0v) is 18.7. The van der Waals surface area contributed by atoms with Crippen molar-refractivity contribution in [1.29, 1.82) is 0 Å². The average Bonchev–Trinajstić information content (AvgIpc) is 3.14. The third-order valence-electron chi connectivity index (χ3n) is 4.73. The molecule has 3 aromatic rings. The van der Waals surface area contributed by atoms with Gasteiger partial charge in [-0.3, -0.25) is 4.79 Å². The summed E-state index contributed by atoms with van der Waals surface area (Å²) < 4.78 is 0. The molecule has 5 nitrogen and oxygen atoms in total. The number of amides is 1. The molecule has 0 aliphatic rings. The molecule has 0 bridgehead atoms. The largest absolute Gasteiger partial charge is 0.333 e. The zero-order valence-electron chi connectivity index (χ0n) is 17.8. The number of hydrogen-bond donors (Lipinski definition) is 2. The maximum Gasteiger partial charge on any atom is 0.253 e. The van der Waals surface area contributed by atoms with Gasteiger partial charge in [0.15, 0.2) is 5.16 Å². The van der Waals surface area contributed by atoms with Gasteiger partial charge in [0.1, 0.15) is 0 Å². The average molecular weight is 421 g/mol. The topological polar surface area (TPSA) is 70.1 Å². The van der Waals surface area contributed by atoms with Gasteiger partial charge in [0.25, 0.3) is 5.91 Å². The van der Waals surface area contributed by atoms with E-state index in [1.165, 1.54) is 17.3 Å². The van der Waals surface area contributed by atoms with Crippen molar-refractivity contribution in [3.63, 3.8) is 0 Å². The van der Waals surface area contributed by atoms with E-state index >= 15 is 0 Å². The summed E-state index contributed by atoms with van der Waals surface area (Å²) in [6, 6.07) is 16.3. The standard InChI is InChI=1S/C24H28N4OS/c1-5-22(30-24-26-20-8-6-7-9-21(20)27-24)23(29)28-25-15-17(4)14-18-10-12-19(13-11-18)16(2)3/h6-16,22H,5H2,1-4H3,(H,26,27)(H,28,29)/b17-14+,25-15+. The zero-order chi connectivity index (χ0) is 21.5. The van der Waals surface area contributed by atoms with Crippen LogP contribution in [0, 0.1) is 0 Å². The van der Waals surface area contributed by atoms with Crippen LogP contribution in [0.15, 0.2) is 64.4 Å². The van der Waals surface area contributed by atoms with E-state index in [-0.39, 0.29) is 11.2 Å². The second-order valence-electron chi connectivity index (χ2n) is 7.52. The minimum Gasteiger partial charge on any atom is -0.333 e. The number of carbonyl (C=O) groups excluding carboxylic acids is 1. The van der Waals surface area contributed by atoms with Gasteiger partial charge in [0.05, 0.1) is 22.5 Å². The number of imidazole rings is 1. The lowest BCUT2D eigenvalue weighted by Gasteiger charge is -2.10. The number of H-pyrrole nitrogens is 1. The minimum absolute atomic E-state index is 0.131. The van der Waals surface area contributed by atoms with Crippen LogP contribution in [0.4, 0.5) is 0 Å². The third kappa shape index (κ3) is 5.83. The normalized spacial score (nSPS) is 13.3. The Morgan fingerprint density at radius 2 is 1.93 bits per heavy atom. The Morgan fingerprint density at radius 1 is 1.20 bits per heavy atom. The highest BCUT2D eigenvalue weighted by Gasteiger charge is 2.19. The van der Waals surface area contributed by atoms with Crippen molar-refractivity contribution >= 4 is 41.0 Å². The summed E-state index contributed by atoms with van der Waals surface area (Å²) >= 11 is 1.42. The van der Waals surface area contributed by atoms with Crippen molar-refractivity contribution in [1.82, 2.24) is 15.4 Å². The number of nitrogens with one attached hydrogen (secondary N) is 2. The van der Waals surface area contributed by atoms with Crippen LogP contribution >= 0.6 is 11.8 Å². The molecule has 1 aromatic heterocycles. The second-order valence-corrected chi connectivity index (χ2v) is 8.71. The van der Waals surface area contributed by atoms with E-state index in [1.54, 1.807) is 6.21 Å². The SMILES string of the molecule is CCC(Sc1nc2ccccc2[nH]1)C(=O)N/N=C/C(C)=C/c1ccc(C(C)C)cc1. The van der Waals surface area contributed by atoms with Crippen LogP contribution in [-0.2, 0) is 4.79 Å². The molecule has 1 heterocycles. The number of aromatic nitrogens is 2. The fourth-order valence-corrected chi connectivity index (χ4v) is 3.91. The van der Waals surface area contributed by atoms with E-state index in [9.17, 15) is 4.79 Å². The lowest BCUT2D eigenvalue weighted by Crippen LogP contribution is -2.28. The molecule has 2 aromatic carbocycles. The van der Waals surface area contributed by atoms with Crippen LogP contribution in [0.25, 0.3) is 17.1 Å². The number of allylic oxidation sites excluding steroid dienone is 1. The number of para-hydroxylation sites is 2. The van der Waals surface area contributed by atoms with Crippen LogP contribution in [0.1, 0.15) is 51.2 Å². The number of rotatable bonds is 8. The molecule has 1 unspecified atom stereocenters. The third-order valence-corrected chi connectivity index (χ3v) is 5.97. The van der Waals surface area contributed by atoms with Gasteiger partial charge in [-0.15, -0.1) is 0 Å². The highest BCUT2D eigenvalue weighted by Crippen LogP contribution is 2.25. The van der Waals surface area contributed by atoms with Gasteiger partial charge in [-0.05, 0) is 48.1 Å². The van der Waals surface area contributed by atoms with E-state index in [2.05, 4.69) is 58.6 Å². The maximum absolute atomic E-state index is 12.5. The van der Waals surface area contributed by atoms with Crippen molar-refractivity contribution < 1.29 is 4.79 Å². The van der Waals surface area contributed by atoms with Crippen LogP contribution in [0.3, 0.4) is 0 Å². The van der Waals surface area contributed by atoms with E-state index in [4.69, 9.17) is 0 Å². The first kappa shape index (κ1) is 21.8. The molecule has 3 rings (SSSR count). The summed E-state index contributed by atoms with van der Waals surface area (Å²) in [6.45, 7) is 8.31. The summed E-state index contributed by atoms with van der Waals surface area (Å²) in [5, 5.41) is 4.60. The summed E-state index contributed by atoms with van der Waals surface area (Å²) in [4.78, 5) is 20.3. The molecule has 0 radical (unpaired) electrons. The number of fused-ring (bicyclic) bond motifs is 1. The van der Waals surface area contributed by atoms with Crippen molar-refractivity contribution in [3.8, 4) is 0 Å². The van der Waals surface area contributed by atoms with Crippen LogP contribution in [-0.4, -0.2) is 27.3 Å². The van der Waals surface area contributed by atoms with E-state index in [0.717, 1.165) is 27.3 Å². The molecule has 0 saturated heterocycles. The molecule has 6 heteroatoms. The van der Waals surface area contributed by atoms with Gasteiger partial charge in [0, 0.05) is 0 Å². The molecular weight excluding hydrogens is 392 g/mol. The molecular formula is C24H28N4OS. The van der Waals surface area contributed by atoms with Gasteiger partial charge in [-0.25, -0.2) is 10.4 Å². The summed E-state index contributed by atoms with van der Waals surface area (Å²) in [5.41, 5.74) is 7.92. The number of hydrogen-bond acceptors (Lipinski definition) is 4. The van der Waals surface area contributed by atoms with Crippen molar-refractivity contribution in [3.05, 3.63) is 65.2 Å². The van der Waals surface area contributed by atoms with Gasteiger partial charge in [-0.2, -0.15) is 5.10 Å². The Balaban J connectivity index is 1.57. The lowest BCUT2D eigenvalue weighted by atomic mass is 10.0. The molecule has 0 spiro atoms. The van der Waals surface area contributed by atoms with Crippen LogP contribution in [0.5, 0.6) is 0 Å². The van der Waals surface area contributed by atoms with Gasteiger partial charge in [-0.1, -0.05) is 75.0 Å². The fourth-order valence-electron chi connectivity index (χ4n) is 2.99. The van der Waals surface area contributed by atoms with E-state index < -0.39 is 0 Å². The van der Waals surface area contributed by atoms with Crippen molar-refractivity contribution in [2.24, 2.45) is 5.10 Å². The fraction of sp³-hybridized carbons (Fsp3) is 0.292. The Bertz CT molecular complexity index is 1020. The first-order valence-corrected chi connectivity index (χ1v) is 11.1. The highest BCUT2D eigenvalue weighted by molar-refractivity contribution is 8.00. The number of benzene rings is 2. The molecule has 1 atom stereocenters. The van der Waals surface area contributed by atoms with Crippen LogP contribution < -0.4 is 5.43 Å². The number of carbonyl (C=O) groups is 1. The highest BCUT2D eigenvalue weighted by atomic mass is 32.2. The van der Waals surface area contributed by atoms with E-state index in [0.29, 0.717) is 12.3 Å². The molecule has 30 heavy (non-hydrogen) atoms. The molecule has 0 fully saturated rings. The Hall–Kier alpha value is -2.86. The molecule has 2 N–H and O–H groups in total. The van der Waals surface area contributed by atoms with Crippen LogP contribution in [0.2, 0.25) is 0 Å². The second kappa shape index (κ2) is 10.3. The molecule has 0 aliphatic carbocycles. The van der Waals surface area contributed by atoms with Gasteiger partial charge < -0.3 is 4.98 Å². The summed E-state index contributed by atoms with van der Waals surface area (Å²) in [5.74, 6) is 0.387. The quantitative estimate of drug-likeness (QED) is 0.276. The first-order chi connectivity index (χ1) is 14.5. The van der Waals surface area contributed by atoms with Crippen molar-refractivity contribution in [2.75, 3.05) is 0 Å². The predicted octanol–water partition coefficient (Wildman–Crippen LogP) is 5.76. The lowest BCUT2D eigenvalue weighted by molar-refractivity contribution is -0.120. The maximum atomic E-state index is 12.5. The Kier molecular flexibility index (Phi) is 7.46. The Labute approximate surface area is 182 Å². The smallest absolute Gasteiger partial charge is 0.253 e. The van der Waals surface area contributed by atoms with E-state index in [1.807, 2.05) is 44.2 Å². The molecule has 156 valence electrons. The number of aromatic amines is 1. The molecule has 0 aliphatic heterocycles. The monoisotopic (exact) mass is 420 g/mol. The van der Waals surface area contributed by atoms with Gasteiger partial charge in [0.2, 0.25) is 0 Å². The van der Waals surface area contributed by atoms with Crippen molar-refractivity contribution in [2.45, 2.75) is 50.4 Å². The molecule has 1 amide bonds. The number of nitrogens with zero attached hydrogens (tertiary/aromatic N) is 2. The predicted molar refractivity (Wildman–Crippen MR) is 127 cm³/mol. The summed E-state index contributed by atoms with van der Waals surface area (Å²) in [6.07, 6.45) is 4.40. The minimum atomic E-state index is -0.268. The number of thioether (sulfide) groups is 1. The first-order valence-electron chi connectivity index (χ1n) is 10.2. The van der Waals surface area contributed by atoms with Gasteiger partial charge >= 0.3 is 0 Å².